The number of carbonyl (C=O) groups is 2. The molecule has 0 N–H and O–H groups in total. The number of hydrogen-bond donors (Lipinski definition) is 0. The monoisotopic (exact) mass is 315 g/mol. The molecule has 5 nitrogen and oxygen atoms in total. The van der Waals surface area contributed by atoms with Crippen molar-refractivity contribution >= 4 is 22.8 Å². The molecule has 0 bridgehead atoms. The van der Waals surface area contributed by atoms with Crippen molar-refractivity contribution in [2.75, 3.05) is 6.54 Å². The Balaban J connectivity index is 1.64. The molecule has 1 fully saturated rings. The molecule has 1 unspecified atom stereocenters. The number of thioether (sulfide) groups is 1. The van der Waals surface area contributed by atoms with Crippen molar-refractivity contribution in [2.24, 2.45) is 0 Å². The second kappa shape index (κ2) is 6.36. The molecule has 1 aliphatic rings. The zero-order valence-corrected chi connectivity index (χ0v) is 13.1. The van der Waals surface area contributed by atoms with Crippen molar-refractivity contribution in [1.29, 1.82) is 0 Å². The predicted molar refractivity (Wildman–Crippen MR) is 85.7 cm³/mol. The summed E-state index contributed by atoms with van der Waals surface area (Å²) in [5.41, 5.74) is 2.07. The van der Waals surface area contributed by atoms with Crippen LogP contribution in [0.15, 0.2) is 42.7 Å². The summed E-state index contributed by atoms with van der Waals surface area (Å²) < 4.78 is 1.80. The highest BCUT2D eigenvalue weighted by Gasteiger charge is 2.30. The normalized spacial score (nSPS) is 18.0. The molecule has 1 saturated heterocycles. The molecule has 0 spiro atoms. The Morgan fingerprint density at radius 1 is 1.36 bits per heavy atom. The number of aromatic nitrogens is 2. The maximum absolute atomic E-state index is 12.0. The van der Waals surface area contributed by atoms with Gasteiger partial charge in [0.1, 0.15) is 0 Å². The molecular formula is C16H17N3O2S. The lowest BCUT2D eigenvalue weighted by molar-refractivity contribution is -0.128. The zero-order chi connectivity index (χ0) is 15.5. The fourth-order valence-electron chi connectivity index (χ4n) is 2.60. The summed E-state index contributed by atoms with van der Waals surface area (Å²) >= 11 is 1.27. The van der Waals surface area contributed by atoms with Gasteiger partial charge in [0, 0.05) is 44.1 Å². The van der Waals surface area contributed by atoms with Crippen LogP contribution in [0.3, 0.4) is 0 Å². The standard InChI is InChI=1S/C16H17N3O2S/c1-12(20)22-15-9-16(21)18(11-15)10-13-3-5-14(6-4-13)19-8-2-7-17-19/h2-8,15H,9-11H2,1H3. The molecule has 0 saturated carbocycles. The van der Waals surface area contributed by atoms with E-state index in [1.165, 1.54) is 11.8 Å². The average molecular weight is 315 g/mol. The smallest absolute Gasteiger partial charge is 0.224 e. The summed E-state index contributed by atoms with van der Waals surface area (Å²) in [4.78, 5) is 25.0. The molecule has 1 aromatic heterocycles. The molecule has 2 heterocycles. The van der Waals surface area contributed by atoms with Crippen molar-refractivity contribution in [2.45, 2.75) is 25.1 Å². The number of nitrogens with zero attached hydrogens (tertiary/aromatic N) is 3. The van der Waals surface area contributed by atoms with Crippen LogP contribution >= 0.6 is 11.8 Å². The molecule has 1 aromatic carbocycles. The summed E-state index contributed by atoms with van der Waals surface area (Å²) in [7, 11) is 0. The third-order valence-corrected chi connectivity index (χ3v) is 4.57. The SMILES string of the molecule is CC(=O)SC1CC(=O)N(Cc2ccc(-n3cccn3)cc2)C1. The quantitative estimate of drug-likeness (QED) is 0.868. The van der Waals surface area contributed by atoms with Crippen LogP contribution in [0.25, 0.3) is 5.69 Å². The van der Waals surface area contributed by atoms with Crippen LogP contribution < -0.4 is 0 Å². The number of carbonyl (C=O) groups excluding carboxylic acids is 2. The first kappa shape index (κ1) is 14.8. The van der Waals surface area contributed by atoms with Crippen LogP contribution in [0, 0.1) is 0 Å². The van der Waals surface area contributed by atoms with E-state index in [9.17, 15) is 9.59 Å². The van der Waals surface area contributed by atoms with Gasteiger partial charge in [0.25, 0.3) is 0 Å². The van der Waals surface area contributed by atoms with Gasteiger partial charge in [-0.05, 0) is 23.8 Å². The van der Waals surface area contributed by atoms with E-state index in [1.54, 1.807) is 17.8 Å². The fourth-order valence-corrected chi connectivity index (χ4v) is 3.55. The van der Waals surface area contributed by atoms with Crippen LogP contribution in [-0.2, 0) is 16.1 Å². The molecular weight excluding hydrogens is 298 g/mol. The Morgan fingerprint density at radius 2 is 2.14 bits per heavy atom. The second-order valence-electron chi connectivity index (χ2n) is 5.33. The highest BCUT2D eigenvalue weighted by molar-refractivity contribution is 8.14. The number of hydrogen-bond acceptors (Lipinski definition) is 4. The van der Waals surface area contributed by atoms with Gasteiger partial charge >= 0.3 is 0 Å². The summed E-state index contributed by atoms with van der Waals surface area (Å²) in [6.45, 7) is 2.78. The maximum Gasteiger partial charge on any atom is 0.224 e. The molecule has 0 radical (unpaired) electrons. The summed E-state index contributed by atoms with van der Waals surface area (Å²) in [5.74, 6) is 0.120. The minimum atomic E-state index is 0.0724. The molecule has 3 rings (SSSR count). The van der Waals surface area contributed by atoms with E-state index in [0.717, 1.165) is 11.3 Å². The van der Waals surface area contributed by atoms with E-state index in [2.05, 4.69) is 5.10 Å². The van der Waals surface area contributed by atoms with E-state index < -0.39 is 0 Å². The molecule has 6 heteroatoms. The Kier molecular flexibility index (Phi) is 4.29. The van der Waals surface area contributed by atoms with Gasteiger partial charge in [0.15, 0.2) is 5.12 Å². The van der Waals surface area contributed by atoms with E-state index >= 15 is 0 Å². The third-order valence-electron chi connectivity index (χ3n) is 3.59. The molecule has 0 aliphatic carbocycles. The van der Waals surface area contributed by atoms with Crippen LogP contribution in [0.4, 0.5) is 0 Å². The topological polar surface area (TPSA) is 55.2 Å². The first-order valence-electron chi connectivity index (χ1n) is 7.16. The molecule has 1 atom stereocenters. The largest absolute Gasteiger partial charge is 0.337 e. The highest BCUT2D eigenvalue weighted by atomic mass is 32.2. The van der Waals surface area contributed by atoms with E-state index in [0.29, 0.717) is 19.5 Å². The second-order valence-corrected chi connectivity index (χ2v) is 6.80. The van der Waals surface area contributed by atoms with Gasteiger partial charge in [0.05, 0.1) is 5.69 Å². The van der Waals surface area contributed by atoms with Crippen LogP contribution in [0.1, 0.15) is 18.9 Å². The van der Waals surface area contributed by atoms with Crippen molar-refractivity contribution in [3.8, 4) is 5.69 Å². The van der Waals surface area contributed by atoms with Gasteiger partial charge in [-0.25, -0.2) is 4.68 Å². The molecule has 22 heavy (non-hydrogen) atoms. The fraction of sp³-hybridized carbons (Fsp3) is 0.312. The Morgan fingerprint density at radius 3 is 2.77 bits per heavy atom. The first-order valence-corrected chi connectivity index (χ1v) is 8.04. The number of likely N-dealkylation sites (tertiary alicyclic amines) is 1. The zero-order valence-electron chi connectivity index (χ0n) is 12.3. The lowest BCUT2D eigenvalue weighted by atomic mass is 10.2. The summed E-state index contributed by atoms with van der Waals surface area (Å²) in [6.07, 6.45) is 4.09. The van der Waals surface area contributed by atoms with Gasteiger partial charge in [-0.2, -0.15) is 5.10 Å². The van der Waals surface area contributed by atoms with Crippen LogP contribution in [0.2, 0.25) is 0 Å². The van der Waals surface area contributed by atoms with E-state index in [4.69, 9.17) is 0 Å². The van der Waals surface area contributed by atoms with Crippen molar-refractivity contribution in [3.63, 3.8) is 0 Å². The Bertz CT molecular complexity index is 667. The lowest BCUT2D eigenvalue weighted by Gasteiger charge is -2.16. The third kappa shape index (κ3) is 3.39. The van der Waals surface area contributed by atoms with Crippen molar-refractivity contribution < 1.29 is 9.59 Å². The average Bonchev–Trinajstić information content (AvgIpc) is 3.10. The first-order chi connectivity index (χ1) is 10.6. The number of rotatable bonds is 4. The van der Waals surface area contributed by atoms with E-state index in [1.807, 2.05) is 41.4 Å². The minimum Gasteiger partial charge on any atom is -0.337 e. The van der Waals surface area contributed by atoms with Gasteiger partial charge < -0.3 is 4.90 Å². The maximum atomic E-state index is 12.0. The minimum absolute atomic E-state index is 0.0724. The molecule has 1 amide bonds. The van der Waals surface area contributed by atoms with Gasteiger partial charge in [-0.15, -0.1) is 0 Å². The van der Waals surface area contributed by atoms with Gasteiger partial charge in [-0.3, -0.25) is 9.59 Å². The molecule has 114 valence electrons. The summed E-state index contributed by atoms with van der Waals surface area (Å²) in [5, 5.41) is 4.35. The lowest BCUT2D eigenvalue weighted by Crippen LogP contribution is -2.25. The predicted octanol–water partition coefficient (Wildman–Crippen LogP) is 2.25. The number of benzene rings is 1. The van der Waals surface area contributed by atoms with Crippen molar-refractivity contribution in [3.05, 3.63) is 48.3 Å². The Labute approximate surface area is 133 Å². The van der Waals surface area contributed by atoms with Crippen molar-refractivity contribution in [1.82, 2.24) is 14.7 Å². The summed E-state index contributed by atoms with van der Waals surface area (Å²) in [6, 6.07) is 9.88. The van der Waals surface area contributed by atoms with E-state index in [-0.39, 0.29) is 16.3 Å². The molecule has 1 aliphatic heterocycles. The molecule has 2 aromatic rings. The van der Waals surface area contributed by atoms with Gasteiger partial charge in [-0.1, -0.05) is 23.9 Å². The highest BCUT2D eigenvalue weighted by Crippen LogP contribution is 2.25. The van der Waals surface area contributed by atoms with Crippen LogP contribution in [-0.4, -0.2) is 37.5 Å². The Hall–Kier alpha value is -2.08. The van der Waals surface area contributed by atoms with Crippen LogP contribution in [0.5, 0.6) is 0 Å². The van der Waals surface area contributed by atoms with Gasteiger partial charge in [0.2, 0.25) is 5.91 Å². The number of amides is 1.